The highest BCUT2D eigenvalue weighted by atomic mass is 16.5. The first-order chi connectivity index (χ1) is 15.4. The molecular weight excluding hydrogens is 412 g/mol. The molecule has 0 heterocycles. The smallest absolute Gasteiger partial charge is 0.407 e. The number of carboxylic acids is 1. The number of carbonyl (C=O) groups excluding carboxylic acids is 2. The Balaban J connectivity index is 1.40. The van der Waals surface area contributed by atoms with Crippen molar-refractivity contribution in [3.8, 4) is 11.1 Å². The summed E-state index contributed by atoms with van der Waals surface area (Å²) in [4.78, 5) is 36.7. The number of hydrogen-bond donors (Lipinski definition) is 3. The first-order valence-electron chi connectivity index (χ1n) is 10.6. The number of aliphatic carboxylic acids is 1. The first-order valence-corrected chi connectivity index (χ1v) is 10.6. The van der Waals surface area contributed by atoms with E-state index < -0.39 is 29.6 Å². The van der Waals surface area contributed by atoms with Crippen molar-refractivity contribution >= 4 is 18.0 Å². The maximum absolute atomic E-state index is 12.6. The number of carbonyl (C=O) groups is 3. The number of carboxylic acid groups (broad SMARTS) is 1. The van der Waals surface area contributed by atoms with Crippen LogP contribution < -0.4 is 10.6 Å². The normalized spacial score (nSPS) is 16.8. The summed E-state index contributed by atoms with van der Waals surface area (Å²) >= 11 is 0. The molecule has 4 rings (SSSR count). The van der Waals surface area contributed by atoms with Gasteiger partial charge in [-0.3, -0.25) is 4.79 Å². The molecule has 8 heteroatoms. The number of alkyl carbamates (subject to hydrolysis) is 1. The molecule has 3 N–H and O–H groups in total. The average molecular weight is 438 g/mol. The third-order valence-corrected chi connectivity index (χ3v) is 6.26. The van der Waals surface area contributed by atoms with Gasteiger partial charge in [0.1, 0.15) is 18.2 Å². The summed E-state index contributed by atoms with van der Waals surface area (Å²) in [7, 11) is 1.40. The summed E-state index contributed by atoms with van der Waals surface area (Å²) in [6.07, 6.45) is 0.681. The average Bonchev–Trinajstić information content (AvgIpc) is 3.08. The Morgan fingerprint density at radius 2 is 1.66 bits per heavy atom. The molecule has 168 valence electrons. The predicted octanol–water partition coefficient (Wildman–Crippen LogP) is 2.66. The SMILES string of the molecule is COC[C@H](NC(=O)OCC1c2ccccc2-c2ccccc21)C(=O)NC1(C(=O)O)CCC1. The fraction of sp³-hybridized carbons (Fsp3) is 0.375. The highest BCUT2D eigenvalue weighted by Crippen LogP contribution is 2.44. The van der Waals surface area contributed by atoms with Gasteiger partial charge in [-0.1, -0.05) is 48.5 Å². The Morgan fingerprint density at radius 3 is 2.16 bits per heavy atom. The van der Waals surface area contributed by atoms with Gasteiger partial charge in [0.15, 0.2) is 0 Å². The largest absolute Gasteiger partial charge is 0.480 e. The maximum Gasteiger partial charge on any atom is 0.407 e. The van der Waals surface area contributed by atoms with Crippen molar-refractivity contribution < 1.29 is 29.0 Å². The lowest BCUT2D eigenvalue weighted by Crippen LogP contribution is -2.63. The molecule has 0 unspecified atom stereocenters. The highest BCUT2D eigenvalue weighted by Gasteiger charge is 2.46. The molecular formula is C24H26N2O6. The van der Waals surface area contributed by atoms with Crippen molar-refractivity contribution in [2.45, 2.75) is 36.8 Å². The van der Waals surface area contributed by atoms with Crippen LogP contribution in [0.3, 0.4) is 0 Å². The number of hydrogen-bond acceptors (Lipinski definition) is 5. The number of nitrogens with one attached hydrogen (secondary N) is 2. The molecule has 2 aromatic carbocycles. The second-order valence-corrected chi connectivity index (χ2v) is 8.21. The fourth-order valence-electron chi connectivity index (χ4n) is 4.38. The Labute approximate surface area is 185 Å². The third-order valence-electron chi connectivity index (χ3n) is 6.26. The number of benzene rings is 2. The number of amides is 2. The fourth-order valence-corrected chi connectivity index (χ4v) is 4.38. The maximum atomic E-state index is 12.6. The monoisotopic (exact) mass is 438 g/mol. The third kappa shape index (κ3) is 4.05. The van der Waals surface area contributed by atoms with Crippen LogP contribution in [0.2, 0.25) is 0 Å². The van der Waals surface area contributed by atoms with Gasteiger partial charge in [-0.15, -0.1) is 0 Å². The first kappa shape index (κ1) is 21.8. The Kier molecular flexibility index (Phi) is 6.14. The van der Waals surface area contributed by atoms with Crippen molar-refractivity contribution in [3.63, 3.8) is 0 Å². The van der Waals surface area contributed by atoms with Crippen LogP contribution in [0.25, 0.3) is 11.1 Å². The molecule has 0 bridgehead atoms. The van der Waals surface area contributed by atoms with E-state index in [1.165, 1.54) is 7.11 Å². The van der Waals surface area contributed by atoms with Crippen molar-refractivity contribution in [2.75, 3.05) is 20.3 Å². The van der Waals surface area contributed by atoms with E-state index in [1.807, 2.05) is 48.5 Å². The van der Waals surface area contributed by atoms with Crippen LogP contribution in [0.15, 0.2) is 48.5 Å². The zero-order valence-corrected chi connectivity index (χ0v) is 17.8. The summed E-state index contributed by atoms with van der Waals surface area (Å²) in [6.45, 7) is 0.00592. The number of fused-ring (bicyclic) bond motifs is 3. The van der Waals surface area contributed by atoms with E-state index in [-0.39, 0.29) is 19.1 Å². The molecule has 2 aliphatic carbocycles. The zero-order valence-electron chi connectivity index (χ0n) is 17.8. The molecule has 1 fully saturated rings. The lowest BCUT2D eigenvalue weighted by atomic mass is 9.76. The van der Waals surface area contributed by atoms with Crippen LogP contribution >= 0.6 is 0 Å². The molecule has 8 nitrogen and oxygen atoms in total. The minimum Gasteiger partial charge on any atom is -0.480 e. The summed E-state index contributed by atoms with van der Waals surface area (Å²) in [5.41, 5.74) is 3.13. The van der Waals surface area contributed by atoms with Gasteiger partial charge < -0.3 is 25.2 Å². The summed E-state index contributed by atoms with van der Waals surface area (Å²) in [5, 5.41) is 14.5. The summed E-state index contributed by atoms with van der Waals surface area (Å²) < 4.78 is 10.5. The van der Waals surface area contributed by atoms with Gasteiger partial charge in [0.05, 0.1) is 6.61 Å². The molecule has 0 saturated heterocycles. The van der Waals surface area contributed by atoms with E-state index in [4.69, 9.17) is 9.47 Å². The Bertz CT molecular complexity index is 987. The van der Waals surface area contributed by atoms with Crippen LogP contribution in [0, 0.1) is 0 Å². The number of methoxy groups -OCH3 is 1. The van der Waals surface area contributed by atoms with Crippen LogP contribution in [0.4, 0.5) is 4.79 Å². The molecule has 0 radical (unpaired) electrons. The molecule has 32 heavy (non-hydrogen) atoms. The lowest BCUT2D eigenvalue weighted by Gasteiger charge is -2.39. The van der Waals surface area contributed by atoms with E-state index in [2.05, 4.69) is 10.6 Å². The van der Waals surface area contributed by atoms with Crippen LogP contribution in [-0.4, -0.2) is 55.0 Å². The molecule has 1 atom stereocenters. The number of rotatable bonds is 8. The molecule has 1 saturated carbocycles. The van der Waals surface area contributed by atoms with Gasteiger partial charge in [-0.25, -0.2) is 9.59 Å². The number of ether oxygens (including phenoxy) is 2. The molecule has 0 spiro atoms. The van der Waals surface area contributed by atoms with E-state index in [1.54, 1.807) is 0 Å². The molecule has 2 aliphatic rings. The van der Waals surface area contributed by atoms with Crippen molar-refractivity contribution in [2.24, 2.45) is 0 Å². The topological polar surface area (TPSA) is 114 Å². The van der Waals surface area contributed by atoms with Gasteiger partial charge in [0.2, 0.25) is 5.91 Å². The van der Waals surface area contributed by atoms with E-state index in [0.717, 1.165) is 28.7 Å². The molecule has 2 aromatic rings. The highest BCUT2D eigenvalue weighted by molar-refractivity contribution is 5.92. The zero-order chi connectivity index (χ0) is 22.7. The van der Waals surface area contributed by atoms with Crippen LogP contribution in [0.5, 0.6) is 0 Å². The second kappa shape index (κ2) is 9.00. The van der Waals surface area contributed by atoms with Crippen molar-refractivity contribution in [3.05, 3.63) is 59.7 Å². The standard InChI is InChI=1S/C24H26N2O6/c1-31-14-20(21(27)26-24(22(28)29)11-6-12-24)25-23(30)32-13-19-17-9-4-2-7-15(17)16-8-3-5-10-18(16)19/h2-5,7-10,19-20H,6,11-14H2,1H3,(H,25,30)(H,26,27)(H,28,29)/t20-/m0/s1. The van der Waals surface area contributed by atoms with Gasteiger partial charge in [-0.2, -0.15) is 0 Å². The summed E-state index contributed by atoms with van der Waals surface area (Å²) in [6, 6.07) is 14.9. The molecule has 0 aromatic heterocycles. The van der Waals surface area contributed by atoms with Crippen LogP contribution in [-0.2, 0) is 19.1 Å². The summed E-state index contributed by atoms with van der Waals surface area (Å²) in [5.74, 6) is -1.79. The van der Waals surface area contributed by atoms with Gasteiger partial charge >= 0.3 is 12.1 Å². The van der Waals surface area contributed by atoms with E-state index in [0.29, 0.717) is 12.8 Å². The lowest BCUT2D eigenvalue weighted by molar-refractivity contribution is -0.152. The molecule has 0 aliphatic heterocycles. The quantitative estimate of drug-likeness (QED) is 0.584. The van der Waals surface area contributed by atoms with Crippen LogP contribution in [0.1, 0.15) is 36.3 Å². The van der Waals surface area contributed by atoms with Gasteiger partial charge in [-0.05, 0) is 41.5 Å². The minimum absolute atomic E-state index is 0.104. The van der Waals surface area contributed by atoms with Gasteiger partial charge in [0.25, 0.3) is 0 Å². The Morgan fingerprint density at radius 1 is 1.06 bits per heavy atom. The second-order valence-electron chi connectivity index (χ2n) is 8.21. The van der Waals surface area contributed by atoms with E-state index >= 15 is 0 Å². The predicted molar refractivity (Wildman–Crippen MR) is 116 cm³/mol. The minimum atomic E-state index is -1.27. The van der Waals surface area contributed by atoms with Crippen molar-refractivity contribution in [1.82, 2.24) is 10.6 Å². The van der Waals surface area contributed by atoms with Crippen molar-refractivity contribution in [1.29, 1.82) is 0 Å². The Hall–Kier alpha value is -3.39. The van der Waals surface area contributed by atoms with E-state index in [9.17, 15) is 19.5 Å². The van der Waals surface area contributed by atoms with Gasteiger partial charge in [0, 0.05) is 13.0 Å². The molecule has 2 amide bonds.